The summed E-state index contributed by atoms with van der Waals surface area (Å²) in [5, 5.41) is 20.7. The first kappa shape index (κ1) is 27.6. The molecule has 4 aliphatic rings. The number of carbonyl (C=O) groups excluding carboxylic acids is 4. The van der Waals surface area contributed by atoms with Gasteiger partial charge in [0, 0.05) is 47.5 Å². The van der Waals surface area contributed by atoms with Crippen LogP contribution in [0.3, 0.4) is 0 Å². The minimum atomic E-state index is -1.13. The minimum absolute atomic E-state index is 0.0845. The summed E-state index contributed by atoms with van der Waals surface area (Å²) in [7, 11) is 0. The molecule has 1 fully saturated rings. The Morgan fingerprint density at radius 3 is 2.27 bits per heavy atom. The summed E-state index contributed by atoms with van der Waals surface area (Å²) in [5.41, 5.74) is -1.55. The lowest BCUT2D eigenvalue weighted by Crippen LogP contribution is -2.59. The van der Waals surface area contributed by atoms with Crippen molar-refractivity contribution in [3.05, 3.63) is 22.8 Å². The zero-order valence-electron chi connectivity index (χ0n) is 23.1. The predicted molar refractivity (Wildman–Crippen MR) is 136 cm³/mol. The van der Waals surface area contributed by atoms with Crippen LogP contribution in [0.15, 0.2) is 22.8 Å². The number of carbonyl (C=O) groups is 5. The molecule has 0 aromatic carbocycles. The molecule has 7 atom stereocenters. The second-order valence-electron chi connectivity index (χ2n) is 13.3. The van der Waals surface area contributed by atoms with Crippen molar-refractivity contribution in [1.29, 1.82) is 0 Å². The summed E-state index contributed by atoms with van der Waals surface area (Å²) in [6, 6.07) is 0. The van der Waals surface area contributed by atoms with E-state index in [-0.39, 0.29) is 54.2 Å². The first-order chi connectivity index (χ1) is 16.9. The van der Waals surface area contributed by atoms with Gasteiger partial charge in [-0.2, -0.15) is 0 Å². The van der Waals surface area contributed by atoms with Crippen LogP contribution in [0, 0.1) is 39.4 Å². The van der Waals surface area contributed by atoms with Gasteiger partial charge in [0.2, 0.25) is 0 Å². The Morgan fingerprint density at radius 1 is 1.05 bits per heavy atom. The van der Waals surface area contributed by atoms with Crippen LogP contribution in [-0.2, 0) is 24.0 Å². The Balaban J connectivity index is 1.76. The van der Waals surface area contributed by atoms with E-state index in [1.54, 1.807) is 6.08 Å². The smallest absolute Gasteiger partial charge is 0.306 e. The highest BCUT2D eigenvalue weighted by Gasteiger charge is 2.68. The average Bonchev–Trinajstić information content (AvgIpc) is 2.99. The summed E-state index contributed by atoms with van der Waals surface area (Å²) in [5.74, 6) is -2.70. The van der Waals surface area contributed by atoms with E-state index < -0.39 is 39.7 Å². The van der Waals surface area contributed by atoms with Crippen LogP contribution in [-0.4, -0.2) is 45.4 Å². The molecule has 202 valence electrons. The fourth-order valence-corrected chi connectivity index (χ4v) is 8.36. The third-order valence-corrected chi connectivity index (χ3v) is 10.7. The highest BCUT2D eigenvalue weighted by atomic mass is 16.4. The van der Waals surface area contributed by atoms with Gasteiger partial charge in [-0.3, -0.25) is 24.0 Å². The van der Waals surface area contributed by atoms with Crippen molar-refractivity contribution < 1.29 is 34.2 Å². The maximum absolute atomic E-state index is 14.0. The molecule has 0 radical (unpaired) electrons. The van der Waals surface area contributed by atoms with Crippen molar-refractivity contribution in [3.63, 3.8) is 0 Å². The van der Waals surface area contributed by atoms with E-state index in [9.17, 15) is 29.1 Å². The van der Waals surface area contributed by atoms with Crippen LogP contribution >= 0.6 is 0 Å². The highest BCUT2D eigenvalue weighted by molar-refractivity contribution is 6.10. The lowest BCUT2D eigenvalue weighted by molar-refractivity contribution is -0.145. The van der Waals surface area contributed by atoms with Gasteiger partial charge in [0.1, 0.15) is 11.6 Å². The van der Waals surface area contributed by atoms with E-state index in [2.05, 4.69) is 0 Å². The number of aliphatic hydroxyl groups excluding tert-OH is 1. The van der Waals surface area contributed by atoms with Gasteiger partial charge in [-0.15, -0.1) is 0 Å². The van der Waals surface area contributed by atoms with Crippen molar-refractivity contribution in [2.75, 3.05) is 0 Å². The highest BCUT2D eigenvalue weighted by Crippen LogP contribution is 2.69. The van der Waals surface area contributed by atoms with E-state index in [4.69, 9.17) is 5.11 Å². The summed E-state index contributed by atoms with van der Waals surface area (Å²) < 4.78 is 0. The molecule has 4 rings (SSSR count). The Bertz CT molecular complexity index is 1170. The van der Waals surface area contributed by atoms with Gasteiger partial charge in [0.15, 0.2) is 11.6 Å². The molecule has 0 heterocycles. The van der Waals surface area contributed by atoms with E-state index in [1.165, 1.54) is 6.92 Å². The van der Waals surface area contributed by atoms with Gasteiger partial charge < -0.3 is 10.2 Å². The third kappa shape index (κ3) is 3.67. The van der Waals surface area contributed by atoms with E-state index in [1.807, 2.05) is 41.5 Å². The Morgan fingerprint density at radius 2 is 1.68 bits per heavy atom. The van der Waals surface area contributed by atoms with Crippen LogP contribution in [0.25, 0.3) is 0 Å². The molecule has 7 heteroatoms. The average molecular weight is 513 g/mol. The van der Waals surface area contributed by atoms with E-state index >= 15 is 0 Å². The quantitative estimate of drug-likeness (QED) is 0.545. The predicted octanol–water partition coefficient (Wildman–Crippen LogP) is 4.26. The summed E-state index contributed by atoms with van der Waals surface area (Å²) in [6.45, 7) is 12.9. The first-order valence-electron chi connectivity index (χ1n) is 13.4. The SMILES string of the molecule is CC(CC(=O)C[C@@H](C)C1=CC(=O)[C@@]2(C)C3=C(C(=O)C[C@]12C)[C@@]1(C)CCC(=O)C(C)(C)[C@@H]1C[C@@H]3O)C(=O)O. The number of carboxylic acids is 1. The maximum atomic E-state index is 14.0. The maximum Gasteiger partial charge on any atom is 0.306 e. The minimum Gasteiger partial charge on any atom is -0.481 e. The fourth-order valence-electron chi connectivity index (χ4n) is 8.36. The molecule has 7 nitrogen and oxygen atoms in total. The zero-order valence-corrected chi connectivity index (χ0v) is 23.1. The normalized spacial score (nSPS) is 38.4. The van der Waals surface area contributed by atoms with Crippen molar-refractivity contribution in [2.45, 2.75) is 93.1 Å². The molecule has 4 aliphatic carbocycles. The van der Waals surface area contributed by atoms with Crippen LogP contribution in [0.1, 0.15) is 87.0 Å². The van der Waals surface area contributed by atoms with Gasteiger partial charge in [-0.1, -0.05) is 47.1 Å². The van der Waals surface area contributed by atoms with Crippen molar-refractivity contribution in [3.8, 4) is 0 Å². The van der Waals surface area contributed by atoms with Gasteiger partial charge in [-0.05, 0) is 43.3 Å². The van der Waals surface area contributed by atoms with Crippen molar-refractivity contribution in [1.82, 2.24) is 0 Å². The molecule has 1 unspecified atom stereocenters. The molecular weight excluding hydrogens is 472 g/mol. The number of fused-ring (bicyclic) bond motifs is 4. The number of ketones is 4. The van der Waals surface area contributed by atoms with Crippen LogP contribution in [0.4, 0.5) is 0 Å². The van der Waals surface area contributed by atoms with E-state index in [0.717, 1.165) is 5.57 Å². The summed E-state index contributed by atoms with van der Waals surface area (Å²) >= 11 is 0. The zero-order chi connectivity index (χ0) is 27.9. The lowest BCUT2D eigenvalue weighted by Gasteiger charge is -2.60. The Hall–Kier alpha value is -2.41. The van der Waals surface area contributed by atoms with Gasteiger partial charge in [0.05, 0.1) is 17.4 Å². The molecule has 0 aromatic rings. The standard InChI is InChI=1S/C30H40O7/c1-15(10-17(31)11-16(2)26(36)37)18-12-23(35)30(7)25-19(32)13-21-27(3,4)22(34)8-9-28(21,5)24(25)20(33)14-29(18,30)6/h12,15-16,19,21,32H,8-11,13-14H2,1-7H3,(H,36,37)/t15-,16?,19+,21+,28+,29-,30+/m1/s1. The second kappa shape index (κ2) is 8.55. The molecule has 0 saturated heterocycles. The summed E-state index contributed by atoms with van der Waals surface area (Å²) in [4.78, 5) is 64.5. The molecule has 37 heavy (non-hydrogen) atoms. The van der Waals surface area contributed by atoms with E-state index in [0.29, 0.717) is 30.4 Å². The number of aliphatic hydroxyl groups is 1. The van der Waals surface area contributed by atoms with Gasteiger partial charge in [0.25, 0.3) is 0 Å². The number of allylic oxidation sites excluding steroid dienone is 3. The second-order valence-corrected chi connectivity index (χ2v) is 13.3. The topological polar surface area (TPSA) is 126 Å². The van der Waals surface area contributed by atoms with Crippen LogP contribution < -0.4 is 0 Å². The molecule has 0 bridgehead atoms. The molecule has 0 aromatic heterocycles. The largest absolute Gasteiger partial charge is 0.481 e. The van der Waals surface area contributed by atoms with Gasteiger partial charge in [-0.25, -0.2) is 0 Å². The molecule has 0 spiro atoms. The number of Topliss-reactive ketones (excluding diaryl/α,β-unsaturated/α-hetero) is 3. The number of carboxylic acid groups (broad SMARTS) is 1. The molecule has 2 N–H and O–H groups in total. The third-order valence-electron chi connectivity index (χ3n) is 10.7. The monoisotopic (exact) mass is 512 g/mol. The Labute approximate surface area is 218 Å². The lowest BCUT2D eigenvalue weighted by atomic mass is 9.42. The van der Waals surface area contributed by atoms with Crippen molar-refractivity contribution >= 4 is 29.1 Å². The molecule has 0 amide bonds. The van der Waals surface area contributed by atoms with Crippen molar-refractivity contribution in [2.24, 2.45) is 39.4 Å². The molecule has 1 saturated carbocycles. The fraction of sp³-hybridized carbons (Fsp3) is 0.700. The van der Waals surface area contributed by atoms with Crippen LogP contribution in [0.5, 0.6) is 0 Å². The number of rotatable bonds is 6. The molecule has 0 aliphatic heterocycles. The van der Waals surface area contributed by atoms with Crippen LogP contribution in [0.2, 0.25) is 0 Å². The Kier molecular flexibility index (Phi) is 6.38. The summed E-state index contributed by atoms with van der Waals surface area (Å²) in [6.07, 6.45) is 1.83. The number of hydrogen-bond acceptors (Lipinski definition) is 6. The number of hydrogen-bond donors (Lipinski definition) is 2. The molecular formula is C30H40O7. The first-order valence-corrected chi connectivity index (χ1v) is 13.4. The number of aliphatic carboxylic acids is 1. The van der Waals surface area contributed by atoms with Gasteiger partial charge >= 0.3 is 5.97 Å².